The molecule has 1 heterocycles. The zero-order chi connectivity index (χ0) is 9.14. The third kappa shape index (κ3) is 1.95. The molecule has 2 N–H and O–H groups in total. The fourth-order valence-corrected chi connectivity index (χ4v) is 0.890. The molecular formula is C9H15N3. The highest BCUT2D eigenvalue weighted by atomic mass is 15.2. The Kier molecular flexibility index (Phi) is 2.65. The predicted octanol–water partition coefficient (Wildman–Crippen LogP) is 1.17. The van der Waals surface area contributed by atoms with E-state index in [4.69, 9.17) is 5.73 Å². The number of hydrogen-bond donors (Lipinski definition) is 1. The van der Waals surface area contributed by atoms with E-state index in [1.54, 1.807) is 6.20 Å². The van der Waals surface area contributed by atoms with Crippen molar-refractivity contribution in [1.29, 1.82) is 0 Å². The number of rotatable bonds is 2. The molecule has 66 valence electrons. The van der Waals surface area contributed by atoms with Gasteiger partial charge in [0.2, 0.25) is 0 Å². The van der Waals surface area contributed by atoms with Gasteiger partial charge in [0.05, 0.1) is 5.69 Å². The van der Waals surface area contributed by atoms with Crippen LogP contribution in [-0.2, 0) is 7.05 Å². The second-order valence-corrected chi connectivity index (χ2v) is 3.06. The van der Waals surface area contributed by atoms with Gasteiger partial charge in [0.15, 0.2) is 0 Å². The normalized spacial score (nSPS) is 14.8. The van der Waals surface area contributed by atoms with Crippen LogP contribution in [0.25, 0.3) is 6.08 Å². The monoisotopic (exact) mass is 165 g/mol. The van der Waals surface area contributed by atoms with Gasteiger partial charge in [-0.3, -0.25) is 4.68 Å². The van der Waals surface area contributed by atoms with Crippen LogP contribution in [0.4, 0.5) is 0 Å². The third-order valence-corrected chi connectivity index (χ3v) is 1.95. The Bertz CT molecular complexity index is 284. The van der Waals surface area contributed by atoms with Gasteiger partial charge in [-0.2, -0.15) is 5.10 Å². The molecule has 12 heavy (non-hydrogen) atoms. The van der Waals surface area contributed by atoms with Gasteiger partial charge in [-0.05, 0) is 26.0 Å². The van der Waals surface area contributed by atoms with Crippen LogP contribution in [-0.4, -0.2) is 15.8 Å². The van der Waals surface area contributed by atoms with Crippen LogP contribution in [0.5, 0.6) is 0 Å². The molecule has 0 bridgehead atoms. The van der Waals surface area contributed by atoms with Crippen molar-refractivity contribution in [3.8, 4) is 0 Å². The standard InChI is InChI=1S/C9H15N3/c1-7(8(2)10)6-9-4-5-11-12(9)3/h4-6,8H,10H2,1-3H3. The molecular weight excluding hydrogens is 150 g/mol. The lowest BCUT2D eigenvalue weighted by Gasteiger charge is -2.04. The number of hydrogen-bond acceptors (Lipinski definition) is 2. The number of nitrogens with zero attached hydrogens (tertiary/aromatic N) is 2. The topological polar surface area (TPSA) is 43.8 Å². The molecule has 0 aliphatic heterocycles. The molecule has 3 nitrogen and oxygen atoms in total. The van der Waals surface area contributed by atoms with E-state index in [2.05, 4.69) is 11.2 Å². The SMILES string of the molecule is CC(=Cc1ccnn1C)C(C)N. The molecule has 0 amide bonds. The molecule has 1 unspecified atom stereocenters. The Labute approximate surface area is 72.9 Å². The van der Waals surface area contributed by atoms with E-state index in [-0.39, 0.29) is 6.04 Å². The predicted molar refractivity (Wildman–Crippen MR) is 50.5 cm³/mol. The van der Waals surface area contributed by atoms with Crippen LogP contribution in [0.2, 0.25) is 0 Å². The summed E-state index contributed by atoms with van der Waals surface area (Å²) in [7, 11) is 1.92. The number of nitrogens with two attached hydrogens (primary N) is 1. The van der Waals surface area contributed by atoms with Crippen molar-refractivity contribution in [3.63, 3.8) is 0 Å². The molecule has 0 saturated carbocycles. The van der Waals surface area contributed by atoms with Gasteiger partial charge in [-0.15, -0.1) is 0 Å². The highest BCUT2D eigenvalue weighted by Gasteiger charge is 1.98. The van der Waals surface area contributed by atoms with Crippen LogP contribution in [0.3, 0.4) is 0 Å². The molecule has 1 aromatic rings. The summed E-state index contributed by atoms with van der Waals surface area (Å²) < 4.78 is 1.83. The molecule has 0 aromatic carbocycles. The molecule has 0 aliphatic carbocycles. The van der Waals surface area contributed by atoms with Crippen molar-refractivity contribution >= 4 is 6.08 Å². The zero-order valence-electron chi connectivity index (χ0n) is 7.78. The number of aryl methyl sites for hydroxylation is 1. The van der Waals surface area contributed by atoms with Gasteiger partial charge >= 0.3 is 0 Å². The fraction of sp³-hybridized carbons (Fsp3) is 0.444. The minimum Gasteiger partial charge on any atom is -0.324 e. The fourth-order valence-electron chi connectivity index (χ4n) is 0.890. The van der Waals surface area contributed by atoms with E-state index < -0.39 is 0 Å². The highest BCUT2D eigenvalue weighted by Crippen LogP contribution is 2.06. The van der Waals surface area contributed by atoms with Crippen LogP contribution in [0, 0.1) is 0 Å². The summed E-state index contributed by atoms with van der Waals surface area (Å²) in [5.41, 5.74) is 7.96. The molecule has 1 rings (SSSR count). The maximum Gasteiger partial charge on any atom is 0.0606 e. The maximum absolute atomic E-state index is 5.70. The molecule has 0 saturated heterocycles. The summed E-state index contributed by atoms with van der Waals surface area (Å²) in [5.74, 6) is 0. The van der Waals surface area contributed by atoms with Crippen LogP contribution >= 0.6 is 0 Å². The highest BCUT2D eigenvalue weighted by molar-refractivity contribution is 5.49. The minimum absolute atomic E-state index is 0.111. The van der Waals surface area contributed by atoms with E-state index in [1.165, 1.54) is 5.57 Å². The minimum atomic E-state index is 0.111. The van der Waals surface area contributed by atoms with Crippen LogP contribution in [0.15, 0.2) is 17.8 Å². The maximum atomic E-state index is 5.70. The van der Waals surface area contributed by atoms with Gasteiger partial charge in [0, 0.05) is 19.3 Å². The van der Waals surface area contributed by atoms with E-state index in [9.17, 15) is 0 Å². The van der Waals surface area contributed by atoms with Crippen molar-refractivity contribution in [3.05, 3.63) is 23.5 Å². The quantitative estimate of drug-likeness (QED) is 0.715. The lowest BCUT2D eigenvalue weighted by Crippen LogP contribution is -2.15. The first-order valence-electron chi connectivity index (χ1n) is 4.03. The average Bonchev–Trinajstić information content (AvgIpc) is 2.36. The van der Waals surface area contributed by atoms with Crippen molar-refractivity contribution in [2.45, 2.75) is 19.9 Å². The molecule has 3 heteroatoms. The molecule has 0 radical (unpaired) electrons. The largest absolute Gasteiger partial charge is 0.324 e. The van der Waals surface area contributed by atoms with Gasteiger partial charge in [0.1, 0.15) is 0 Å². The Morgan fingerprint density at radius 1 is 1.75 bits per heavy atom. The van der Waals surface area contributed by atoms with Gasteiger partial charge in [-0.25, -0.2) is 0 Å². The number of aromatic nitrogens is 2. The van der Waals surface area contributed by atoms with Crippen molar-refractivity contribution in [2.75, 3.05) is 0 Å². The van der Waals surface area contributed by atoms with Gasteiger partial charge in [0.25, 0.3) is 0 Å². The summed E-state index contributed by atoms with van der Waals surface area (Å²) in [6.45, 7) is 4.00. The second-order valence-electron chi connectivity index (χ2n) is 3.06. The Hall–Kier alpha value is -1.09. The molecule has 0 aliphatic rings. The van der Waals surface area contributed by atoms with E-state index in [0.717, 1.165) is 5.69 Å². The van der Waals surface area contributed by atoms with Crippen molar-refractivity contribution in [2.24, 2.45) is 12.8 Å². The molecule has 1 atom stereocenters. The lowest BCUT2D eigenvalue weighted by atomic mass is 10.1. The summed E-state index contributed by atoms with van der Waals surface area (Å²) in [4.78, 5) is 0. The van der Waals surface area contributed by atoms with Crippen LogP contribution < -0.4 is 5.73 Å². The molecule has 1 aromatic heterocycles. The summed E-state index contributed by atoms with van der Waals surface area (Å²) in [6, 6.07) is 2.08. The van der Waals surface area contributed by atoms with Crippen molar-refractivity contribution < 1.29 is 0 Å². The van der Waals surface area contributed by atoms with Crippen LogP contribution in [0.1, 0.15) is 19.5 Å². The lowest BCUT2D eigenvalue weighted by molar-refractivity contribution is 0.757. The second kappa shape index (κ2) is 3.54. The Morgan fingerprint density at radius 3 is 2.83 bits per heavy atom. The molecule has 0 spiro atoms. The van der Waals surface area contributed by atoms with Crippen molar-refractivity contribution in [1.82, 2.24) is 9.78 Å². The van der Waals surface area contributed by atoms with E-state index >= 15 is 0 Å². The first-order valence-corrected chi connectivity index (χ1v) is 4.03. The van der Waals surface area contributed by atoms with E-state index in [1.807, 2.05) is 31.6 Å². The van der Waals surface area contributed by atoms with Gasteiger partial charge < -0.3 is 5.73 Å². The Balaban J connectivity index is 2.87. The third-order valence-electron chi connectivity index (χ3n) is 1.95. The van der Waals surface area contributed by atoms with Gasteiger partial charge in [-0.1, -0.05) is 5.57 Å². The first-order chi connectivity index (χ1) is 5.61. The average molecular weight is 165 g/mol. The smallest absolute Gasteiger partial charge is 0.0606 e. The Morgan fingerprint density at radius 2 is 2.42 bits per heavy atom. The molecule has 0 fully saturated rings. The summed E-state index contributed by atoms with van der Waals surface area (Å²) in [5, 5.41) is 4.06. The summed E-state index contributed by atoms with van der Waals surface area (Å²) >= 11 is 0. The summed E-state index contributed by atoms with van der Waals surface area (Å²) in [6.07, 6.45) is 3.83. The zero-order valence-corrected chi connectivity index (χ0v) is 7.78. The first kappa shape index (κ1) is 9.00. The van der Waals surface area contributed by atoms with E-state index in [0.29, 0.717) is 0 Å².